The van der Waals surface area contributed by atoms with Crippen molar-refractivity contribution in [3.63, 3.8) is 0 Å². The van der Waals surface area contributed by atoms with E-state index in [1.807, 2.05) is 20.0 Å². The Morgan fingerprint density at radius 1 is 1.59 bits per heavy atom. The fourth-order valence-electron chi connectivity index (χ4n) is 2.02. The summed E-state index contributed by atoms with van der Waals surface area (Å²) in [5.74, 6) is 0.147. The first kappa shape index (κ1) is 13.1. The molecule has 1 N–H and O–H groups in total. The number of hydrogen-bond donors (Lipinski definition) is 1. The Labute approximate surface area is 115 Å². The van der Waals surface area contributed by atoms with Gasteiger partial charge in [0, 0.05) is 19.6 Å². The van der Waals surface area contributed by atoms with E-state index >= 15 is 0 Å². The Kier molecular flexibility index (Phi) is 3.98. The SMILES string of the molecule is CC(NC1CCN(C)C1=O)c1cc(Cl)sc1Cl. The van der Waals surface area contributed by atoms with Crippen LogP contribution in [0.2, 0.25) is 8.67 Å². The van der Waals surface area contributed by atoms with Gasteiger partial charge in [-0.3, -0.25) is 10.1 Å². The third-order valence-electron chi connectivity index (χ3n) is 3.03. The van der Waals surface area contributed by atoms with Gasteiger partial charge in [-0.2, -0.15) is 0 Å². The minimum Gasteiger partial charge on any atom is -0.344 e. The van der Waals surface area contributed by atoms with Gasteiger partial charge in [0.1, 0.15) is 0 Å². The molecule has 0 bridgehead atoms. The maximum atomic E-state index is 11.8. The molecule has 2 heterocycles. The number of halogens is 2. The van der Waals surface area contributed by atoms with Crippen molar-refractivity contribution < 1.29 is 4.79 Å². The number of nitrogens with zero attached hydrogens (tertiary/aromatic N) is 1. The van der Waals surface area contributed by atoms with Gasteiger partial charge in [0.25, 0.3) is 0 Å². The maximum absolute atomic E-state index is 11.8. The van der Waals surface area contributed by atoms with Crippen LogP contribution >= 0.6 is 34.5 Å². The average molecular weight is 293 g/mol. The van der Waals surface area contributed by atoms with Crippen molar-refractivity contribution in [3.05, 3.63) is 20.3 Å². The molecule has 2 rings (SSSR count). The summed E-state index contributed by atoms with van der Waals surface area (Å²) in [6.07, 6.45) is 0.842. The van der Waals surface area contributed by atoms with Crippen molar-refractivity contribution in [2.24, 2.45) is 0 Å². The summed E-state index contributed by atoms with van der Waals surface area (Å²) in [4.78, 5) is 13.5. The van der Waals surface area contributed by atoms with Crippen LogP contribution < -0.4 is 5.32 Å². The summed E-state index contributed by atoms with van der Waals surface area (Å²) in [5.41, 5.74) is 0.962. The monoisotopic (exact) mass is 292 g/mol. The number of likely N-dealkylation sites (tertiary alicyclic amines) is 1. The molecule has 3 nitrogen and oxygen atoms in total. The Balaban J connectivity index is 2.05. The standard InChI is InChI=1S/C11H14Cl2N2OS/c1-6(7-5-9(12)17-10(7)13)14-8-3-4-15(2)11(8)16/h5-6,8,14H,3-4H2,1-2H3. The van der Waals surface area contributed by atoms with Gasteiger partial charge >= 0.3 is 0 Å². The molecule has 1 aliphatic heterocycles. The van der Waals surface area contributed by atoms with Crippen molar-refractivity contribution in [1.29, 1.82) is 0 Å². The number of carbonyl (C=O) groups excluding carboxylic acids is 1. The Morgan fingerprint density at radius 3 is 2.76 bits per heavy atom. The highest BCUT2D eigenvalue weighted by Gasteiger charge is 2.30. The van der Waals surface area contributed by atoms with E-state index in [2.05, 4.69) is 5.32 Å². The molecule has 1 amide bonds. The highest BCUT2D eigenvalue weighted by atomic mass is 35.5. The minimum absolute atomic E-state index is 0.0340. The molecule has 0 radical (unpaired) electrons. The molecule has 6 heteroatoms. The number of rotatable bonds is 3. The molecule has 2 unspecified atom stereocenters. The van der Waals surface area contributed by atoms with Crippen LogP contribution in [0, 0.1) is 0 Å². The molecule has 1 fully saturated rings. The summed E-state index contributed by atoms with van der Waals surface area (Å²) in [5, 5.41) is 3.30. The van der Waals surface area contributed by atoms with Crippen molar-refractivity contribution in [2.45, 2.75) is 25.4 Å². The number of hydrogen-bond acceptors (Lipinski definition) is 3. The van der Waals surface area contributed by atoms with Crippen LogP contribution in [-0.4, -0.2) is 30.4 Å². The number of nitrogens with one attached hydrogen (secondary N) is 1. The van der Waals surface area contributed by atoms with Gasteiger partial charge in [0.15, 0.2) is 0 Å². The lowest BCUT2D eigenvalue weighted by molar-refractivity contribution is -0.128. The zero-order chi connectivity index (χ0) is 12.6. The molecular weight excluding hydrogens is 279 g/mol. The quantitative estimate of drug-likeness (QED) is 0.929. The third-order valence-corrected chi connectivity index (χ3v) is 4.55. The average Bonchev–Trinajstić information content (AvgIpc) is 2.75. The lowest BCUT2D eigenvalue weighted by Gasteiger charge is -2.18. The van der Waals surface area contributed by atoms with Crippen molar-refractivity contribution in [2.75, 3.05) is 13.6 Å². The first-order valence-electron chi connectivity index (χ1n) is 5.45. The predicted octanol–water partition coefficient (Wildman–Crippen LogP) is 2.94. The van der Waals surface area contributed by atoms with Gasteiger partial charge in [-0.1, -0.05) is 23.2 Å². The maximum Gasteiger partial charge on any atom is 0.239 e. The molecule has 1 aromatic heterocycles. The molecule has 17 heavy (non-hydrogen) atoms. The molecule has 1 aromatic rings. The van der Waals surface area contributed by atoms with Crippen LogP contribution in [0.5, 0.6) is 0 Å². The van der Waals surface area contributed by atoms with Crippen LogP contribution in [0.25, 0.3) is 0 Å². The fourth-order valence-corrected chi connectivity index (χ4v) is 3.66. The summed E-state index contributed by atoms with van der Waals surface area (Å²) in [7, 11) is 1.82. The second-order valence-corrected chi connectivity index (χ2v) is 6.55. The molecular formula is C11H14Cl2N2OS. The first-order valence-corrected chi connectivity index (χ1v) is 7.02. The highest BCUT2D eigenvalue weighted by molar-refractivity contribution is 7.20. The molecule has 0 aliphatic carbocycles. The van der Waals surface area contributed by atoms with Gasteiger partial charge in [-0.05, 0) is 25.0 Å². The molecule has 0 spiro atoms. The molecule has 2 atom stereocenters. The van der Waals surface area contributed by atoms with Crippen LogP contribution in [0.15, 0.2) is 6.07 Å². The highest BCUT2D eigenvalue weighted by Crippen LogP contribution is 2.35. The van der Waals surface area contributed by atoms with Crippen molar-refractivity contribution in [1.82, 2.24) is 10.2 Å². The summed E-state index contributed by atoms with van der Waals surface area (Å²) < 4.78 is 1.36. The van der Waals surface area contributed by atoms with E-state index < -0.39 is 0 Å². The second kappa shape index (κ2) is 5.14. The van der Waals surface area contributed by atoms with Crippen molar-refractivity contribution >= 4 is 40.4 Å². The second-order valence-electron chi connectivity index (χ2n) is 4.27. The number of amides is 1. The molecule has 0 aromatic carbocycles. The van der Waals surface area contributed by atoms with E-state index in [9.17, 15) is 4.79 Å². The molecule has 94 valence electrons. The number of likely N-dealkylation sites (N-methyl/N-ethyl adjacent to an activating group) is 1. The number of carbonyl (C=O) groups is 1. The molecule has 0 saturated carbocycles. The van der Waals surface area contributed by atoms with Gasteiger partial charge in [0.2, 0.25) is 5.91 Å². The van der Waals surface area contributed by atoms with E-state index in [-0.39, 0.29) is 18.0 Å². The Morgan fingerprint density at radius 2 is 2.29 bits per heavy atom. The van der Waals surface area contributed by atoms with Gasteiger partial charge in [-0.15, -0.1) is 11.3 Å². The van der Waals surface area contributed by atoms with E-state index in [0.29, 0.717) is 8.67 Å². The van der Waals surface area contributed by atoms with Crippen LogP contribution in [0.4, 0.5) is 0 Å². The Bertz CT molecular complexity index is 435. The molecule has 1 saturated heterocycles. The van der Waals surface area contributed by atoms with Crippen LogP contribution in [-0.2, 0) is 4.79 Å². The predicted molar refractivity (Wildman–Crippen MR) is 71.9 cm³/mol. The normalized spacial score (nSPS) is 22.2. The van der Waals surface area contributed by atoms with Crippen LogP contribution in [0.1, 0.15) is 24.9 Å². The lowest BCUT2D eigenvalue weighted by Crippen LogP contribution is -2.38. The van der Waals surface area contributed by atoms with E-state index in [4.69, 9.17) is 23.2 Å². The van der Waals surface area contributed by atoms with Gasteiger partial charge in [-0.25, -0.2) is 0 Å². The Hall–Kier alpha value is -0.290. The van der Waals surface area contributed by atoms with E-state index in [0.717, 1.165) is 18.5 Å². The first-order chi connectivity index (χ1) is 7.99. The topological polar surface area (TPSA) is 32.3 Å². The zero-order valence-electron chi connectivity index (χ0n) is 9.67. The van der Waals surface area contributed by atoms with Crippen LogP contribution in [0.3, 0.4) is 0 Å². The van der Waals surface area contributed by atoms with Gasteiger partial charge < -0.3 is 4.90 Å². The molecule has 1 aliphatic rings. The minimum atomic E-state index is -0.107. The smallest absolute Gasteiger partial charge is 0.239 e. The lowest BCUT2D eigenvalue weighted by atomic mass is 10.1. The number of thiophene rings is 1. The van der Waals surface area contributed by atoms with Crippen molar-refractivity contribution in [3.8, 4) is 0 Å². The largest absolute Gasteiger partial charge is 0.344 e. The fraction of sp³-hybridized carbons (Fsp3) is 0.545. The van der Waals surface area contributed by atoms with E-state index in [1.54, 1.807) is 4.90 Å². The van der Waals surface area contributed by atoms with Gasteiger partial charge in [0.05, 0.1) is 14.7 Å². The zero-order valence-corrected chi connectivity index (χ0v) is 12.0. The summed E-state index contributed by atoms with van der Waals surface area (Å²) in [6, 6.07) is 1.78. The van der Waals surface area contributed by atoms with E-state index in [1.165, 1.54) is 11.3 Å². The summed E-state index contributed by atoms with van der Waals surface area (Å²) >= 11 is 13.4. The third kappa shape index (κ3) is 2.76. The summed E-state index contributed by atoms with van der Waals surface area (Å²) in [6.45, 7) is 2.80.